The van der Waals surface area contributed by atoms with Crippen molar-refractivity contribution in [3.63, 3.8) is 0 Å². The van der Waals surface area contributed by atoms with Crippen LogP contribution in [0.15, 0.2) is 67.0 Å². The van der Waals surface area contributed by atoms with Gasteiger partial charge in [0.1, 0.15) is 11.6 Å². The maximum atomic E-state index is 14.9. The molecule has 1 aliphatic rings. The van der Waals surface area contributed by atoms with E-state index in [9.17, 15) is 8.78 Å². The molecule has 5 rings (SSSR count). The minimum Gasteiger partial charge on any atom is -0.289 e. The molecule has 3 heterocycles. The molecule has 138 valence electrons. The summed E-state index contributed by atoms with van der Waals surface area (Å²) in [6.07, 6.45) is 3.45. The van der Waals surface area contributed by atoms with Crippen molar-refractivity contribution in [2.75, 3.05) is 0 Å². The van der Waals surface area contributed by atoms with E-state index in [2.05, 4.69) is 9.97 Å². The molecule has 2 aromatic carbocycles. The quantitative estimate of drug-likeness (QED) is 0.501. The molecule has 5 heteroatoms. The van der Waals surface area contributed by atoms with E-state index in [0.29, 0.717) is 18.7 Å². The predicted molar refractivity (Wildman–Crippen MR) is 104 cm³/mol. The van der Waals surface area contributed by atoms with Crippen molar-refractivity contribution >= 4 is 10.9 Å². The van der Waals surface area contributed by atoms with E-state index in [4.69, 9.17) is 0 Å². The van der Waals surface area contributed by atoms with Gasteiger partial charge in [0.25, 0.3) is 0 Å². The van der Waals surface area contributed by atoms with Crippen molar-refractivity contribution in [2.24, 2.45) is 0 Å². The first-order chi connectivity index (χ1) is 13.7. The summed E-state index contributed by atoms with van der Waals surface area (Å²) < 4.78 is 29.8. The second kappa shape index (κ2) is 6.77. The second-order valence-electron chi connectivity index (χ2n) is 7.05. The van der Waals surface area contributed by atoms with Gasteiger partial charge in [-0.25, -0.2) is 8.78 Å². The number of pyridine rings is 2. The lowest BCUT2D eigenvalue weighted by atomic mass is 9.98. The molecule has 2 aromatic heterocycles. The highest BCUT2D eigenvalue weighted by Crippen LogP contribution is 2.31. The van der Waals surface area contributed by atoms with Gasteiger partial charge in [0.05, 0.1) is 11.2 Å². The van der Waals surface area contributed by atoms with E-state index < -0.39 is 11.6 Å². The third-order valence-electron chi connectivity index (χ3n) is 5.23. The van der Waals surface area contributed by atoms with Crippen molar-refractivity contribution in [2.45, 2.75) is 19.6 Å². The topological polar surface area (TPSA) is 29.0 Å². The summed E-state index contributed by atoms with van der Waals surface area (Å²) in [5.41, 5.74) is 4.27. The van der Waals surface area contributed by atoms with E-state index >= 15 is 0 Å². The molecule has 28 heavy (non-hydrogen) atoms. The number of nitrogens with zero attached hydrogens (tertiary/aromatic N) is 3. The van der Waals surface area contributed by atoms with Gasteiger partial charge in [0, 0.05) is 43.0 Å². The molecule has 0 spiro atoms. The maximum absolute atomic E-state index is 14.9. The van der Waals surface area contributed by atoms with Gasteiger partial charge in [-0.2, -0.15) is 0 Å². The van der Waals surface area contributed by atoms with E-state index in [0.717, 1.165) is 27.7 Å². The van der Waals surface area contributed by atoms with Crippen LogP contribution in [0.3, 0.4) is 0 Å². The van der Waals surface area contributed by atoms with Crippen LogP contribution in [-0.4, -0.2) is 14.9 Å². The van der Waals surface area contributed by atoms with Crippen molar-refractivity contribution in [1.82, 2.24) is 14.9 Å². The first kappa shape index (κ1) is 17.0. The van der Waals surface area contributed by atoms with Gasteiger partial charge in [-0.15, -0.1) is 0 Å². The van der Waals surface area contributed by atoms with Crippen molar-refractivity contribution in [3.8, 4) is 11.1 Å². The summed E-state index contributed by atoms with van der Waals surface area (Å²) in [6.45, 7) is 1.47. The zero-order chi connectivity index (χ0) is 19.1. The van der Waals surface area contributed by atoms with Crippen molar-refractivity contribution in [1.29, 1.82) is 0 Å². The Morgan fingerprint density at radius 3 is 2.46 bits per heavy atom. The van der Waals surface area contributed by atoms with Crippen LogP contribution in [-0.2, 0) is 19.6 Å². The van der Waals surface area contributed by atoms with Crippen LogP contribution in [0.2, 0.25) is 0 Å². The minimum atomic E-state index is -0.528. The largest absolute Gasteiger partial charge is 0.289 e. The van der Waals surface area contributed by atoms with Gasteiger partial charge in [0.15, 0.2) is 0 Å². The lowest BCUT2D eigenvalue weighted by Gasteiger charge is -2.17. The third-order valence-corrected chi connectivity index (χ3v) is 5.23. The fourth-order valence-corrected chi connectivity index (χ4v) is 3.87. The van der Waals surface area contributed by atoms with E-state index in [1.807, 2.05) is 47.4 Å². The Bertz CT molecular complexity index is 1140. The molecule has 0 amide bonds. The highest BCUT2D eigenvalue weighted by molar-refractivity contribution is 5.94. The molecule has 0 atom stereocenters. The first-order valence-corrected chi connectivity index (χ1v) is 9.16. The Kier molecular flexibility index (Phi) is 4.10. The Morgan fingerprint density at radius 1 is 0.857 bits per heavy atom. The molecular weight excluding hydrogens is 356 g/mol. The highest BCUT2D eigenvalue weighted by Gasteiger charge is 2.23. The molecule has 4 aromatic rings. The molecular formula is C23H17F2N3. The maximum Gasteiger partial charge on any atom is 0.131 e. The average Bonchev–Trinajstić information content (AvgIpc) is 3.13. The third kappa shape index (κ3) is 2.94. The fraction of sp³-hybridized carbons (Fsp3) is 0.130. The number of aromatic nitrogens is 2. The Morgan fingerprint density at radius 2 is 1.64 bits per heavy atom. The normalized spacial score (nSPS) is 13.8. The van der Waals surface area contributed by atoms with Crippen LogP contribution in [0, 0.1) is 11.6 Å². The molecule has 0 unspecified atom stereocenters. The Balaban J connectivity index is 1.48. The van der Waals surface area contributed by atoms with Crippen molar-refractivity contribution in [3.05, 3.63) is 95.4 Å². The molecule has 0 aliphatic carbocycles. The molecule has 0 bridgehead atoms. The molecule has 0 fully saturated rings. The van der Waals surface area contributed by atoms with Crippen LogP contribution < -0.4 is 0 Å². The Hall–Kier alpha value is -3.18. The Labute approximate surface area is 161 Å². The summed E-state index contributed by atoms with van der Waals surface area (Å²) in [7, 11) is 0. The van der Waals surface area contributed by atoms with Gasteiger partial charge in [0.2, 0.25) is 0 Å². The summed E-state index contributed by atoms with van der Waals surface area (Å²) in [6, 6.07) is 16.1. The van der Waals surface area contributed by atoms with Gasteiger partial charge in [-0.05, 0) is 47.0 Å². The summed E-state index contributed by atoms with van der Waals surface area (Å²) in [5.74, 6) is -1.06. The monoisotopic (exact) mass is 373 g/mol. The molecule has 0 radical (unpaired) electrons. The fourth-order valence-electron chi connectivity index (χ4n) is 3.87. The number of rotatable bonds is 3. The van der Waals surface area contributed by atoms with Crippen LogP contribution in [0.25, 0.3) is 22.0 Å². The lowest BCUT2D eigenvalue weighted by Crippen LogP contribution is -2.18. The zero-order valence-electron chi connectivity index (χ0n) is 15.1. The van der Waals surface area contributed by atoms with Gasteiger partial charge in [-0.3, -0.25) is 14.9 Å². The second-order valence-corrected chi connectivity index (χ2v) is 7.05. The van der Waals surface area contributed by atoms with Crippen molar-refractivity contribution < 1.29 is 8.78 Å². The first-order valence-electron chi connectivity index (χ1n) is 9.16. The number of benzene rings is 2. The number of fused-ring (bicyclic) bond motifs is 2. The zero-order valence-corrected chi connectivity index (χ0v) is 15.1. The number of hydrogen-bond acceptors (Lipinski definition) is 3. The molecule has 0 saturated heterocycles. The van der Waals surface area contributed by atoms with Gasteiger partial charge < -0.3 is 0 Å². The predicted octanol–water partition coefficient (Wildman–Crippen LogP) is 5.09. The molecule has 0 N–H and O–H groups in total. The standard InChI is InChI=1S/C23H17F2N3/c24-20-10-16(17-5-1-7-22-18(17)6-3-9-26-22)11-21(25)19(20)13-28-12-15-4-2-8-27-23(15)14-28/h1-11H,12-14H2. The van der Waals surface area contributed by atoms with Crippen LogP contribution in [0.1, 0.15) is 16.8 Å². The van der Waals surface area contributed by atoms with Crippen LogP contribution in [0.4, 0.5) is 8.78 Å². The lowest BCUT2D eigenvalue weighted by molar-refractivity contribution is 0.265. The van der Waals surface area contributed by atoms with E-state index in [-0.39, 0.29) is 12.1 Å². The average molecular weight is 373 g/mol. The smallest absolute Gasteiger partial charge is 0.131 e. The van der Waals surface area contributed by atoms with Gasteiger partial charge in [-0.1, -0.05) is 24.3 Å². The number of hydrogen-bond donors (Lipinski definition) is 0. The van der Waals surface area contributed by atoms with Crippen LogP contribution in [0.5, 0.6) is 0 Å². The van der Waals surface area contributed by atoms with E-state index in [1.165, 1.54) is 12.1 Å². The highest BCUT2D eigenvalue weighted by atomic mass is 19.1. The number of halogens is 2. The summed E-state index contributed by atoms with van der Waals surface area (Å²) in [5, 5.41) is 0.873. The SMILES string of the molecule is Fc1cc(-c2cccc3ncccc23)cc(F)c1CN1Cc2cccnc2C1. The molecule has 0 saturated carbocycles. The van der Waals surface area contributed by atoms with E-state index in [1.54, 1.807) is 12.4 Å². The molecule has 1 aliphatic heterocycles. The molecule has 3 nitrogen and oxygen atoms in total. The van der Waals surface area contributed by atoms with Crippen LogP contribution >= 0.6 is 0 Å². The minimum absolute atomic E-state index is 0.0925. The summed E-state index contributed by atoms with van der Waals surface area (Å²) in [4.78, 5) is 10.7. The summed E-state index contributed by atoms with van der Waals surface area (Å²) >= 11 is 0. The van der Waals surface area contributed by atoms with Gasteiger partial charge >= 0.3 is 0 Å².